The van der Waals surface area contributed by atoms with E-state index >= 15 is 0 Å². The number of hydrogen-bond acceptors (Lipinski definition) is 7. The first kappa shape index (κ1) is 41.1. The van der Waals surface area contributed by atoms with Gasteiger partial charge in [-0.15, -0.1) is 0 Å². The molecule has 0 atom stereocenters. The first-order valence-corrected chi connectivity index (χ1v) is 17.2. The summed E-state index contributed by atoms with van der Waals surface area (Å²) in [5.74, 6) is -52.7. The van der Waals surface area contributed by atoms with Crippen LogP contribution in [0.1, 0.15) is 0 Å². The van der Waals surface area contributed by atoms with E-state index in [1.807, 2.05) is 0 Å². The Bertz CT molecular complexity index is 2160. The zero-order valence-corrected chi connectivity index (χ0v) is 26.8. The second-order valence-corrected chi connectivity index (χ2v) is 16.6. The van der Waals surface area contributed by atoms with Crippen LogP contribution in [0.4, 0.5) is 74.6 Å². The molecule has 2 aromatic carbocycles. The SMILES string of the molecule is O=c1ccc2ccc(I(OS(=O)(=O)C(F)(F)C(F)(F)C(F)(F)C(F)(F)C(F)(F)C(F)(F)C(F)(F)C(F)(F)F)c3ccc4ccc(=O)oc4c3)cc2o1. The summed E-state index contributed by atoms with van der Waals surface area (Å²) in [5, 5.41) is -7.94. The third kappa shape index (κ3) is 6.05. The van der Waals surface area contributed by atoms with Crippen molar-refractivity contribution in [1.29, 1.82) is 0 Å². The molecule has 2 heterocycles. The minimum absolute atomic E-state index is 0.000829. The van der Waals surface area contributed by atoms with Crippen molar-refractivity contribution in [1.82, 2.24) is 0 Å². The van der Waals surface area contributed by atoms with Crippen molar-refractivity contribution in [2.75, 3.05) is 0 Å². The molecule has 4 aromatic rings. The Morgan fingerprint density at radius 3 is 1.17 bits per heavy atom. The van der Waals surface area contributed by atoms with E-state index in [1.54, 1.807) is 0 Å². The Morgan fingerprint density at radius 1 is 0.481 bits per heavy atom. The van der Waals surface area contributed by atoms with Crippen LogP contribution < -0.4 is 11.3 Å². The van der Waals surface area contributed by atoms with Gasteiger partial charge in [0, 0.05) is 0 Å². The zero-order valence-electron chi connectivity index (χ0n) is 23.8. The zero-order chi connectivity index (χ0) is 39.9. The number of hydrogen-bond donors (Lipinski definition) is 0. The summed E-state index contributed by atoms with van der Waals surface area (Å²) < 4.78 is 272. The molecule has 0 aliphatic carbocycles. The van der Waals surface area contributed by atoms with Gasteiger partial charge in [0.2, 0.25) is 0 Å². The van der Waals surface area contributed by atoms with Crippen molar-refractivity contribution in [3.63, 3.8) is 0 Å². The molecule has 4 rings (SSSR count). The Kier molecular flexibility index (Phi) is 9.83. The topological polar surface area (TPSA) is 104 Å². The van der Waals surface area contributed by atoms with Gasteiger partial charge >= 0.3 is 282 Å². The molecule has 0 saturated carbocycles. The number of rotatable bonds is 11. The summed E-state index contributed by atoms with van der Waals surface area (Å²) >= 11 is -5.09. The molecule has 0 bridgehead atoms. The summed E-state index contributed by atoms with van der Waals surface area (Å²) in [6, 6.07) is 8.63. The molecule has 7 nitrogen and oxygen atoms in total. The molecule has 0 N–H and O–H groups in total. The molecule has 26 heteroatoms. The van der Waals surface area contributed by atoms with Crippen molar-refractivity contribution in [2.45, 2.75) is 47.0 Å². The molecule has 0 aliphatic rings. The molecule has 52 heavy (non-hydrogen) atoms. The molecule has 0 amide bonds. The van der Waals surface area contributed by atoms with Crippen molar-refractivity contribution in [2.24, 2.45) is 0 Å². The van der Waals surface area contributed by atoms with Crippen molar-refractivity contribution in [3.05, 3.63) is 88.6 Å². The average Bonchev–Trinajstić information content (AvgIpc) is 3.01. The predicted octanol–water partition coefficient (Wildman–Crippen LogP) is 8.67. The third-order valence-electron chi connectivity index (χ3n) is 6.72. The molecule has 2 aromatic heterocycles. The van der Waals surface area contributed by atoms with Gasteiger partial charge < -0.3 is 0 Å². The molecule has 0 unspecified atom stereocenters. The van der Waals surface area contributed by atoms with Crippen LogP contribution in [0.5, 0.6) is 0 Å². The van der Waals surface area contributed by atoms with Crippen LogP contribution in [0.2, 0.25) is 0 Å². The Hall–Kier alpha value is -3.69. The van der Waals surface area contributed by atoms with E-state index in [0.29, 0.717) is 12.1 Å². The van der Waals surface area contributed by atoms with Crippen molar-refractivity contribution in [3.8, 4) is 0 Å². The van der Waals surface area contributed by atoms with Gasteiger partial charge in [-0.25, -0.2) is 0 Å². The van der Waals surface area contributed by atoms with Gasteiger partial charge in [0.15, 0.2) is 0 Å². The first-order valence-electron chi connectivity index (χ1n) is 12.7. The average molecular weight is 916 g/mol. The number of benzene rings is 2. The van der Waals surface area contributed by atoms with Gasteiger partial charge in [-0.2, -0.15) is 0 Å². The van der Waals surface area contributed by atoms with E-state index < -0.39 is 107 Å². The Morgan fingerprint density at radius 2 is 0.808 bits per heavy atom. The number of fused-ring (bicyclic) bond motifs is 2. The summed E-state index contributed by atoms with van der Waals surface area (Å²) in [6.45, 7) is 0. The van der Waals surface area contributed by atoms with Gasteiger partial charge in [0.05, 0.1) is 0 Å². The second-order valence-electron chi connectivity index (χ2n) is 10.1. The Balaban J connectivity index is 1.88. The fraction of sp³-hybridized carbons (Fsp3) is 0.308. The Labute approximate surface area is 282 Å². The summed E-state index contributed by atoms with van der Waals surface area (Å²) in [4.78, 5) is 23.3. The third-order valence-corrected chi connectivity index (χ3v) is 14.0. The second kappa shape index (κ2) is 12.4. The normalized spacial score (nSPS) is 15.0. The number of alkyl halides is 17. The van der Waals surface area contributed by atoms with E-state index in [-0.39, 0.29) is 10.8 Å². The summed E-state index contributed by atoms with van der Waals surface area (Å²) in [6.07, 6.45) is -7.97. The fourth-order valence-electron chi connectivity index (χ4n) is 3.91. The van der Waals surface area contributed by atoms with Gasteiger partial charge in [-0.1, -0.05) is 0 Å². The van der Waals surface area contributed by atoms with Crippen LogP contribution in [0.15, 0.2) is 79.1 Å². The van der Waals surface area contributed by atoms with Gasteiger partial charge in [0.1, 0.15) is 0 Å². The van der Waals surface area contributed by atoms with E-state index in [2.05, 4.69) is 2.51 Å². The maximum atomic E-state index is 15.0. The molecule has 0 saturated heterocycles. The van der Waals surface area contributed by atoms with Crippen LogP contribution >= 0.6 is 20.2 Å². The molecule has 0 radical (unpaired) electrons. The molecule has 0 aliphatic heterocycles. The molecular formula is C26H10F17IO7S. The van der Waals surface area contributed by atoms with Crippen LogP contribution in [0.3, 0.4) is 0 Å². The monoisotopic (exact) mass is 916 g/mol. The quantitative estimate of drug-likeness (QED) is 0.0844. The van der Waals surface area contributed by atoms with Crippen molar-refractivity contribution < 1.29 is 94.4 Å². The molecule has 0 fully saturated rings. The minimum atomic E-state index is -9.02. The predicted molar refractivity (Wildman–Crippen MR) is 147 cm³/mol. The van der Waals surface area contributed by atoms with Gasteiger partial charge in [-0.05, 0) is 0 Å². The maximum absolute atomic E-state index is 15.0. The van der Waals surface area contributed by atoms with Crippen molar-refractivity contribution >= 4 is 52.3 Å². The first-order chi connectivity index (χ1) is 23.3. The van der Waals surface area contributed by atoms with Gasteiger partial charge in [0.25, 0.3) is 0 Å². The van der Waals surface area contributed by atoms with E-state index in [4.69, 9.17) is 8.83 Å². The van der Waals surface area contributed by atoms with E-state index in [9.17, 15) is 92.6 Å². The standard InChI is InChI=1S/C26H10F17IO7S/c27-19(28,21(31,32)23(35,36)25(39,40)41)20(29,30)22(33,34)24(37,38)26(42,43)52(47,48)51-44(13-5-1-11-3-7-17(45)49-15(11)9-13)14-6-2-12-4-8-18(46)50-16(12)10-14/h1-10H. The van der Waals surface area contributed by atoms with Gasteiger partial charge in [-0.3, -0.25) is 0 Å². The summed E-state index contributed by atoms with van der Waals surface area (Å²) in [7, 11) is -7.98. The summed E-state index contributed by atoms with van der Waals surface area (Å²) in [5.41, 5.74) is -3.23. The van der Waals surface area contributed by atoms with E-state index in [0.717, 1.165) is 48.5 Å². The molecule has 288 valence electrons. The van der Waals surface area contributed by atoms with E-state index in [1.165, 1.54) is 0 Å². The van der Waals surface area contributed by atoms with Crippen LogP contribution in [-0.2, 0) is 12.6 Å². The fourth-order valence-corrected chi connectivity index (χ4v) is 10.9. The molecule has 0 spiro atoms. The van der Waals surface area contributed by atoms with Crippen LogP contribution in [0, 0.1) is 7.14 Å². The molecular weight excluding hydrogens is 906 g/mol. The number of halogens is 18. The van der Waals surface area contributed by atoms with Crippen LogP contribution in [-0.4, -0.2) is 55.4 Å². The van der Waals surface area contributed by atoms with Crippen LogP contribution in [0.25, 0.3) is 21.9 Å².